The first-order chi connectivity index (χ1) is 7.19. The fourth-order valence-electron chi connectivity index (χ4n) is 1.15. The lowest BCUT2D eigenvalue weighted by Crippen LogP contribution is -2.00. The second-order valence-electron chi connectivity index (χ2n) is 2.99. The van der Waals surface area contributed by atoms with E-state index in [4.69, 9.17) is 9.52 Å². The fraction of sp³-hybridized carbons (Fsp3) is 0.500. The molecule has 0 saturated carbocycles. The van der Waals surface area contributed by atoms with Crippen LogP contribution in [-0.2, 0) is 10.5 Å². The van der Waals surface area contributed by atoms with Gasteiger partial charge in [-0.15, -0.1) is 0 Å². The summed E-state index contributed by atoms with van der Waals surface area (Å²) in [5.74, 6) is 1.85. The van der Waals surface area contributed by atoms with Gasteiger partial charge in [-0.05, 0) is 13.0 Å². The van der Waals surface area contributed by atoms with E-state index in [1.807, 2.05) is 6.07 Å². The second kappa shape index (κ2) is 5.82. The average Bonchev–Trinajstić information content (AvgIpc) is 2.59. The van der Waals surface area contributed by atoms with Crippen molar-refractivity contribution in [2.24, 2.45) is 0 Å². The summed E-state index contributed by atoms with van der Waals surface area (Å²) in [7, 11) is 1.32. The number of carbonyl (C=O) groups excluding carboxylic acids is 1. The molecule has 5 heteroatoms. The molecule has 0 fully saturated rings. The van der Waals surface area contributed by atoms with Crippen molar-refractivity contribution < 1.29 is 19.1 Å². The van der Waals surface area contributed by atoms with E-state index in [0.717, 1.165) is 11.3 Å². The molecule has 0 radical (unpaired) electrons. The van der Waals surface area contributed by atoms with Crippen LogP contribution < -0.4 is 0 Å². The van der Waals surface area contributed by atoms with Crippen LogP contribution in [0.4, 0.5) is 0 Å². The number of rotatable bonds is 5. The van der Waals surface area contributed by atoms with E-state index < -0.39 is 5.97 Å². The summed E-state index contributed by atoms with van der Waals surface area (Å²) in [6, 6.07) is 1.82. The Morgan fingerprint density at radius 1 is 1.67 bits per heavy atom. The van der Waals surface area contributed by atoms with Gasteiger partial charge in [-0.1, -0.05) is 0 Å². The molecule has 1 rings (SSSR count). The average molecular weight is 230 g/mol. The van der Waals surface area contributed by atoms with Gasteiger partial charge in [0.2, 0.25) is 5.76 Å². The van der Waals surface area contributed by atoms with Crippen molar-refractivity contribution in [2.75, 3.05) is 19.5 Å². The van der Waals surface area contributed by atoms with Gasteiger partial charge in [0.15, 0.2) is 0 Å². The van der Waals surface area contributed by atoms with Gasteiger partial charge in [0.05, 0.1) is 19.5 Å². The molecule has 0 aliphatic carbocycles. The van der Waals surface area contributed by atoms with Crippen LogP contribution in [0.5, 0.6) is 0 Å². The number of thioether (sulfide) groups is 1. The minimum atomic E-state index is -0.453. The van der Waals surface area contributed by atoms with Crippen molar-refractivity contribution in [1.82, 2.24) is 0 Å². The molecule has 84 valence electrons. The van der Waals surface area contributed by atoms with Gasteiger partial charge in [0.25, 0.3) is 0 Å². The minimum Gasteiger partial charge on any atom is -0.463 e. The van der Waals surface area contributed by atoms with Crippen LogP contribution in [0, 0.1) is 6.92 Å². The number of aryl methyl sites for hydroxylation is 1. The zero-order chi connectivity index (χ0) is 11.3. The summed E-state index contributed by atoms with van der Waals surface area (Å²) in [6.07, 6.45) is 0. The topological polar surface area (TPSA) is 59.7 Å². The van der Waals surface area contributed by atoms with Gasteiger partial charge in [-0.2, -0.15) is 11.8 Å². The van der Waals surface area contributed by atoms with E-state index in [9.17, 15) is 4.79 Å². The SMILES string of the molecule is COC(=O)c1oc(CSCCO)cc1C. The Morgan fingerprint density at radius 3 is 3.00 bits per heavy atom. The number of aliphatic hydroxyl groups excluding tert-OH is 1. The van der Waals surface area contributed by atoms with Crippen molar-refractivity contribution in [3.63, 3.8) is 0 Å². The Labute approximate surface area is 92.6 Å². The van der Waals surface area contributed by atoms with Crippen molar-refractivity contribution in [3.05, 3.63) is 23.2 Å². The third-order valence-corrected chi connectivity index (χ3v) is 2.78. The van der Waals surface area contributed by atoms with Crippen LogP contribution in [-0.4, -0.2) is 30.5 Å². The molecule has 0 bridgehead atoms. The van der Waals surface area contributed by atoms with E-state index >= 15 is 0 Å². The highest BCUT2D eigenvalue weighted by molar-refractivity contribution is 7.98. The molecule has 0 atom stereocenters. The van der Waals surface area contributed by atoms with Crippen molar-refractivity contribution in [3.8, 4) is 0 Å². The highest BCUT2D eigenvalue weighted by atomic mass is 32.2. The normalized spacial score (nSPS) is 10.3. The first kappa shape index (κ1) is 12.1. The van der Waals surface area contributed by atoms with Crippen LogP contribution in [0.25, 0.3) is 0 Å². The largest absolute Gasteiger partial charge is 0.463 e. The van der Waals surface area contributed by atoms with E-state index in [1.54, 1.807) is 18.7 Å². The Bertz CT molecular complexity index is 332. The fourth-order valence-corrected chi connectivity index (χ4v) is 1.77. The van der Waals surface area contributed by atoms with Gasteiger partial charge >= 0.3 is 5.97 Å². The molecule has 1 aromatic rings. The molecule has 15 heavy (non-hydrogen) atoms. The molecule has 0 aromatic carbocycles. The number of aliphatic hydroxyl groups is 1. The molecule has 1 heterocycles. The van der Waals surface area contributed by atoms with Crippen LogP contribution in [0.1, 0.15) is 21.9 Å². The quantitative estimate of drug-likeness (QED) is 0.615. The number of ether oxygens (including phenoxy) is 1. The van der Waals surface area contributed by atoms with Crippen LogP contribution in [0.15, 0.2) is 10.5 Å². The molecule has 0 spiro atoms. The predicted octanol–water partition coefficient (Wildman–Crippen LogP) is 1.60. The van der Waals surface area contributed by atoms with Crippen LogP contribution >= 0.6 is 11.8 Å². The zero-order valence-electron chi connectivity index (χ0n) is 8.78. The second-order valence-corrected chi connectivity index (χ2v) is 4.10. The number of carbonyl (C=O) groups is 1. The number of hydrogen-bond acceptors (Lipinski definition) is 5. The first-order valence-corrected chi connectivity index (χ1v) is 5.70. The first-order valence-electron chi connectivity index (χ1n) is 4.55. The lowest BCUT2D eigenvalue weighted by molar-refractivity contribution is 0.0562. The maximum Gasteiger partial charge on any atom is 0.374 e. The van der Waals surface area contributed by atoms with Crippen LogP contribution in [0.2, 0.25) is 0 Å². The number of hydrogen-bond donors (Lipinski definition) is 1. The number of furan rings is 1. The molecule has 0 aliphatic heterocycles. The molecule has 1 N–H and O–H groups in total. The number of esters is 1. The number of methoxy groups -OCH3 is 1. The summed E-state index contributed by atoms with van der Waals surface area (Å²) >= 11 is 1.55. The summed E-state index contributed by atoms with van der Waals surface area (Å²) in [6.45, 7) is 1.95. The lowest BCUT2D eigenvalue weighted by atomic mass is 10.3. The molecule has 0 unspecified atom stereocenters. The highest BCUT2D eigenvalue weighted by Gasteiger charge is 2.15. The van der Waals surface area contributed by atoms with Crippen molar-refractivity contribution in [1.29, 1.82) is 0 Å². The standard InChI is InChI=1S/C10H14O4S/c1-7-5-8(6-15-4-3-11)14-9(7)10(12)13-2/h5,11H,3-4,6H2,1-2H3. The van der Waals surface area contributed by atoms with Gasteiger partial charge in [-0.25, -0.2) is 4.79 Å². The summed E-state index contributed by atoms with van der Waals surface area (Å²) in [4.78, 5) is 11.2. The van der Waals surface area contributed by atoms with E-state index in [0.29, 0.717) is 11.5 Å². The maximum absolute atomic E-state index is 11.2. The monoisotopic (exact) mass is 230 g/mol. The third-order valence-electron chi connectivity index (χ3n) is 1.82. The van der Waals surface area contributed by atoms with Crippen molar-refractivity contribution in [2.45, 2.75) is 12.7 Å². The van der Waals surface area contributed by atoms with Crippen molar-refractivity contribution >= 4 is 17.7 Å². The molecule has 0 saturated heterocycles. The van der Waals surface area contributed by atoms with E-state index in [2.05, 4.69) is 4.74 Å². The Morgan fingerprint density at radius 2 is 2.40 bits per heavy atom. The van der Waals surface area contributed by atoms with Crippen LogP contribution in [0.3, 0.4) is 0 Å². The molecule has 0 amide bonds. The van der Waals surface area contributed by atoms with E-state index in [1.165, 1.54) is 7.11 Å². The van der Waals surface area contributed by atoms with Gasteiger partial charge in [0, 0.05) is 11.3 Å². The molecule has 1 aromatic heterocycles. The summed E-state index contributed by atoms with van der Waals surface area (Å²) < 4.78 is 9.91. The van der Waals surface area contributed by atoms with Gasteiger partial charge in [0.1, 0.15) is 5.76 Å². The Balaban J connectivity index is 2.64. The summed E-state index contributed by atoms with van der Waals surface area (Å²) in [5.41, 5.74) is 0.779. The maximum atomic E-state index is 11.2. The van der Waals surface area contributed by atoms with Gasteiger partial charge in [-0.3, -0.25) is 0 Å². The molecule has 0 aliphatic rings. The molecular weight excluding hydrogens is 216 g/mol. The van der Waals surface area contributed by atoms with Gasteiger partial charge < -0.3 is 14.3 Å². The Kier molecular flexibility index (Phi) is 4.71. The summed E-state index contributed by atoms with van der Waals surface area (Å²) in [5, 5.41) is 8.60. The third kappa shape index (κ3) is 3.28. The lowest BCUT2D eigenvalue weighted by Gasteiger charge is -1.96. The zero-order valence-corrected chi connectivity index (χ0v) is 9.60. The predicted molar refractivity (Wildman–Crippen MR) is 58.0 cm³/mol. The highest BCUT2D eigenvalue weighted by Crippen LogP contribution is 2.19. The van der Waals surface area contributed by atoms with E-state index in [-0.39, 0.29) is 12.4 Å². The molecule has 4 nitrogen and oxygen atoms in total. The Hall–Kier alpha value is -0.940. The molecular formula is C10H14O4S. The minimum absolute atomic E-state index is 0.147. The smallest absolute Gasteiger partial charge is 0.374 e.